The number of nitrogens with zero attached hydrogens (tertiary/aromatic N) is 3. The van der Waals surface area contributed by atoms with Crippen LogP contribution in [0.15, 0.2) is 33.7 Å². The standard InChI is InChI=1S/C20H29N3O5S/c1-20(2,3)19-21-17(28-22-19)10-11-18(24)23(4)12-7-13-27-15-8-6-9-16(14-15)29(5,25)26/h6,8-9,14H,7,10-13H2,1-5H3. The molecule has 1 aromatic carbocycles. The molecule has 8 nitrogen and oxygen atoms in total. The molecular weight excluding hydrogens is 394 g/mol. The molecule has 0 aliphatic carbocycles. The van der Waals surface area contributed by atoms with Gasteiger partial charge in [-0.1, -0.05) is 32.0 Å². The monoisotopic (exact) mass is 423 g/mol. The van der Waals surface area contributed by atoms with Crippen molar-refractivity contribution in [3.63, 3.8) is 0 Å². The normalized spacial score (nSPS) is 12.0. The Morgan fingerprint density at radius 3 is 2.62 bits per heavy atom. The number of carbonyl (C=O) groups excluding carboxylic acids is 1. The Hall–Kier alpha value is -2.42. The maximum absolute atomic E-state index is 12.3. The van der Waals surface area contributed by atoms with Crippen molar-refractivity contribution in [2.45, 2.75) is 50.3 Å². The molecule has 2 rings (SSSR count). The van der Waals surface area contributed by atoms with E-state index < -0.39 is 9.84 Å². The molecule has 0 unspecified atom stereocenters. The molecule has 2 aromatic rings. The van der Waals surface area contributed by atoms with Crippen LogP contribution in [0, 0.1) is 0 Å². The van der Waals surface area contributed by atoms with Crippen molar-refractivity contribution in [3.8, 4) is 5.75 Å². The quantitative estimate of drug-likeness (QED) is 0.571. The van der Waals surface area contributed by atoms with Crippen LogP contribution < -0.4 is 4.74 Å². The number of hydrogen-bond donors (Lipinski definition) is 0. The molecule has 29 heavy (non-hydrogen) atoms. The highest BCUT2D eigenvalue weighted by atomic mass is 32.2. The van der Waals surface area contributed by atoms with Crippen molar-refractivity contribution in [1.29, 1.82) is 0 Å². The van der Waals surface area contributed by atoms with Gasteiger partial charge in [-0.3, -0.25) is 4.79 Å². The third kappa shape index (κ3) is 7.16. The molecule has 0 atom stereocenters. The van der Waals surface area contributed by atoms with Gasteiger partial charge in [0.05, 0.1) is 11.5 Å². The van der Waals surface area contributed by atoms with Crippen molar-refractivity contribution in [2.75, 3.05) is 26.5 Å². The lowest BCUT2D eigenvalue weighted by Gasteiger charge is -2.17. The summed E-state index contributed by atoms with van der Waals surface area (Å²) in [6.45, 7) is 6.91. The SMILES string of the molecule is CN(CCCOc1cccc(S(C)(=O)=O)c1)C(=O)CCc1nc(C(C)(C)C)no1. The molecule has 0 saturated carbocycles. The van der Waals surface area contributed by atoms with E-state index in [2.05, 4.69) is 10.1 Å². The Morgan fingerprint density at radius 1 is 1.28 bits per heavy atom. The van der Waals surface area contributed by atoms with E-state index in [0.29, 0.717) is 49.9 Å². The van der Waals surface area contributed by atoms with Crippen LogP contribution in [0.25, 0.3) is 0 Å². The van der Waals surface area contributed by atoms with Crippen LogP contribution in [0.3, 0.4) is 0 Å². The van der Waals surface area contributed by atoms with Crippen molar-refractivity contribution in [3.05, 3.63) is 36.0 Å². The molecule has 1 amide bonds. The highest BCUT2D eigenvalue weighted by Crippen LogP contribution is 2.19. The van der Waals surface area contributed by atoms with Crippen LogP contribution in [0.5, 0.6) is 5.75 Å². The number of ether oxygens (including phenoxy) is 1. The molecule has 1 aromatic heterocycles. The minimum Gasteiger partial charge on any atom is -0.493 e. The number of amides is 1. The molecule has 0 aliphatic heterocycles. The number of aryl methyl sites for hydroxylation is 1. The van der Waals surface area contributed by atoms with E-state index in [-0.39, 0.29) is 16.2 Å². The molecule has 160 valence electrons. The second-order valence-corrected chi connectivity index (χ2v) is 10.0. The van der Waals surface area contributed by atoms with Crippen LogP contribution in [0.1, 0.15) is 45.3 Å². The van der Waals surface area contributed by atoms with Gasteiger partial charge >= 0.3 is 0 Å². The number of hydrogen-bond acceptors (Lipinski definition) is 7. The fourth-order valence-corrected chi connectivity index (χ4v) is 3.13. The molecule has 0 saturated heterocycles. The molecular formula is C20H29N3O5S. The summed E-state index contributed by atoms with van der Waals surface area (Å²) < 4.78 is 34.0. The van der Waals surface area contributed by atoms with Crippen LogP contribution in [-0.4, -0.2) is 55.8 Å². The van der Waals surface area contributed by atoms with E-state index in [4.69, 9.17) is 9.26 Å². The van der Waals surface area contributed by atoms with Crippen molar-refractivity contribution < 1.29 is 22.5 Å². The summed E-state index contributed by atoms with van der Waals surface area (Å²) in [5.74, 6) is 1.57. The third-order valence-corrected chi connectivity index (χ3v) is 5.37. The minimum absolute atomic E-state index is 0.0143. The first kappa shape index (κ1) is 22.9. The Bertz CT molecular complexity index is 932. The summed E-state index contributed by atoms with van der Waals surface area (Å²) in [6, 6.07) is 6.38. The van der Waals surface area contributed by atoms with Crippen LogP contribution in [0.4, 0.5) is 0 Å². The van der Waals surface area contributed by atoms with Gasteiger partial charge in [0.15, 0.2) is 15.7 Å². The van der Waals surface area contributed by atoms with Gasteiger partial charge < -0.3 is 14.2 Å². The molecule has 0 spiro atoms. The van der Waals surface area contributed by atoms with E-state index in [1.807, 2.05) is 20.8 Å². The first-order valence-corrected chi connectivity index (χ1v) is 11.4. The highest BCUT2D eigenvalue weighted by molar-refractivity contribution is 7.90. The van der Waals surface area contributed by atoms with Gasteiger partial charge in [0.25, 0.3) is 0 Å². The zero-order valence-electron chi connectivity index (χ0n) is 17.6. The van der Waals surface area contributed by atoms with Crippen molar-refractivity contribution in [2.24, 2.45) is 0 Å². The van der Waals surface area contributed by atoms with Gasteiger partial charge in [0.2, 0.25) is 11.8 Å². The van der Waals surface area contributed by atoms with Gasteiger partial charge in [-0.05, 0) is 24.6 Å². The lowest BCUT2D eigenvalue weighted by molar-refractivity contribution is -0.130. The van der Waals surface area contributed by atoms with Gasteiger partial charge in [-0.25, -0.2) is 8.42 Å². The van der Waals surface area contributed by atoms with E-state index in [1.54, 1.807) is 24.1 Å². The second kappa shape index (κ2) is 9.39. The topological polar surface area (TPSA) is 103 Å². The minimum atomic E-state index is -3.27. The second-order valence-electron chi connectivity index (χ2n) is 8.03. The van der Waals surface area contributed by atoms with Gasteiger partial charge in [-0.2, -0.15) is 4.98 Å². The lowest BCUT2D eigenvalue weighted by Crippen LogP contribution is -2.28. The van der Waals surface area contributed by atoms with Crippen molar-refractivity contribution in [1.82, 2.24) is 15.0 Å². The van der Waals surface area contributed by atoms with E-state index in [1.165, 1.54) is 12.1 Å². The summed E-state index contributed by atoms with van der Waals surface area (Å²) in [5, 5.41) is 3.96. The fourth-order valence-electron chi connectivity index (χ4n) is 2.48. The molecule has 0 aliphatic rings. The number of rotatable bonds is 9. The van der Waals surface area contributed by atoms with E-state index >= 15 is 0 Å². The predicted octanol–water partition coefficient (Wildman–Crippen LogP) is 2.63. The van der Waals surface area contributed by atoms with Crippen LogP contribution in [0.2, 0.25) is 0 Å². The third-order valence-electron chi connectivity index (χ3n) is 4.26. The number of aromatic nitrogens is 2. The van der Waals surface area contributed by atoms with E-state index in [0.717, 1.165) is 6.26 Å². The lowest BCUT2D eigenvalue weighted by atomic mass is 9.96. The average Bonchev–Trinajstić information content (AvgIpc) is 3.12. The van der Waals surface area contributed by atoms with Gasteiger partial charge in [0.1, 0.15) is 5.75 Å². The molecule has 9 heteroatoms. The molecule has 1 heterocycles. The Kier molecular flexibility index (Phi) is 7.40. The highest BCUT2D eigenvalue weighted by Gasteiger charge is 2.21. The summed E-state index contributed by atoms with van der Waals surface area (Å²) in [5.41, 5.74) is -0.191. The smallest absolute Gasteiger partial charge is 0.227 e. The maximum Gasteiger partial charge on any atom is 0.227 e. The van der Waals surface area contributed by atoms with Gasteiger partial charge in [0, 0.05) is 38.1 Å². The summed E-state index contributed by atoms with van der Waals surface area (Å²) >= 11 is 0. The fraction of sp³-hybridized carbons (Fsp3) is 0.550. The zero-order valence-corrected chi connectivity index (χ0v) is 18.5. The number of benzene rings is 1. The van der Waals surface area contributed by atoms with Crippen molar-refractivity contribution >= 4 is 15.7 Å². The summed E-state index contributed by atoms with van der Waals surface area (Å²) in [4.78, 5) is 18.5. The first-order valence-electron chi connectivity index (χ1n) is 9.47. The average molecular weight is 424 g/mol. The first-order chi connectivity index (χ1) is 13.5. The van der Waals surface area contributed by atoms with Crippen LogP contribution >= 0.6 is 0 Å². The predicted molar refractivity (Wildman–Crippen MR) is 109 cm³/mol. The zero-order chi connectivity index (χ0) is 21.7. The summed E-state index contributed by atoms with van der Waals surface area (Å²) in [7, 11) is -1.53. The van der Waals surface area contributed by atoms with Crippen LogP contribution in [-0.2, 0) is 26.5 Å². The summed E-state index contributed by atoms with van der Waals surface area (Å²) in [6.07, 6.45) is 2.48. The molecule has 0 bridgehead atoms. The Morgan fingerprint density at radius 2 is 2.00 bits per heavy atom. The van der Waals surface area contributed by atoms with Gasteiger partial charge in [-0.15, -0.1) is 0 Å². The molecule has 0 radical (unpaired) electrons. The number of sulfone groups is 1. The number of carbonyl (C=O) groups is 1. The van der Waals surface area contributed by atoms with E-state index in [9.17, 15) is 13.2 Å². The Balaban J connectivity index is 1.73. The largest absolute Gasteiger partial charge is 0.493 e. The molecule has 0 N–H and O–H groups in total. The maximum atomic E-state index is 12.3. The molecule has 0 fully saturated rings. The Labute approximate surface area is 172 Å².